The molecule has 1 fully saturated rings. The van der Waals surface area contributed by atoms with Gasteiger partial charge in [-0.15, -0.1) is 0 Å². The summed E-state index contributed by atoms with van der Waals surface area (Å²) in [6, 6.07) is 62.0. The summed E-state index contributed by atoms with van der Waals surface area (Å²) in [6.45, 7) is 0. The lowest BCUT2D eigenvalue weighted by molar-refractivity contribution is 0.353. The summed E-state index contributed by atoms with van der Waals surface area (Å²) >= 11 is 0. The molecule has 1 saturated carbocycles. The summed E-state index contributed by atoms with van der Waals surface area (Å²) in [5, 5.41) is 9.87. The van der Waals surface area contributed by atoms with Crippen LogP contribution in [0.3, 0.4) is 0 Å². The zero-order chi connectivity index (χ0) is 37.5. The van der Waals surface area contributed by atoms with Crippen molar-refractivity contribution in [3.05, 3.63) is 187 Å². The lowest BCUT2D eigenvalue weighted by Crippen LogP contribution is -2.28. The molecule has 266 valence electrons. The Labute approximate surface area is 327 Å². The van der Waals surface area contributed by atoms with Gasteiger partial charge in [-0.1, -0.05) is 165 Å². The minimum absolute atomic E-state index is 0.0373. The first-order valence-electron chi connectivity index (χ1n) is 19.5. The van der Waals surface area contributed by atoms with Crippen LogP contribution >= 0.6 is 0 Å². The van der Waals surface area contributed by atoms with Gasteiger partial charge in [0.15, 0.2) is 17.5 Å². The van der Waals surface area contributed by atoms with Gasteiger partial charge in [0.05, 0.1) is 11.6 Å². The van der Waals surface area contributed by atoms with Crippen molar-refractivity contribution in [1.82, 2.24) is 15.0 Å². The van der Waals surface area contributed by atoms with Crippen LogP contribution in [-0.4, -0.2) is 15.0 Å². The van der Waals surface area contributed by atoms with Gasteiger partial charge in [-0.05, 0) is 92.7 Å². The number of nitriles is 1. The maximum atomic E-state index is 9.87. The molecule has 0 bridgehead atoms. The average molecular weight is 719 g/mol. The van der Waals surface area contributed by atoms with Gasteiger partial charge in [-0.3, -0.25) is 0 Å². The summed E-state index contributed by atoms with van der Waals surface area (Å²) in [4.78, 5) is 14.8. The van der Waals surface area contributed by atoms with Crippen LogP contribution in [0.2, 0.25) is 0 Å². The first kappa shape index (κ1) is 33.6. The van der Waals surface area contributed by atoms with E-state index >= 15 is 0 Å². The molecule has 0 N–H and O–H groups in total. The first-order chi connectivity index (χ1) is 27.7. The second-order valence-corrected chi connectivity index (χ2v) is 15.0. The molecule has 1 heterocycles. The fraction of sp³-hybridized carbons (Fsp3) is 0.115. The Morgan fingerprint density at radius 2 is 0.911 bits per heavy atom. The predicted molar refractivity (Wildman–Crippen MR) is 226 cm³/mol. The predicted octanol–water partition coefficient (Wildman–Crippen LogP) is 13.0. The van der Waals surface area contributed by atoms with Crippen molar-refractivity contribution in [2.75, 3.05) is 0 Å². The third-order valence-corrected chi connectivity index (χ3v) is 11.8. The van der Waals surface area contributed by atoms with E-state index in [0.29, 0.717) is 17.5 Å². The number of aromatic nitrogens is 3. The Kier molecular flexibility index (Phi) is 8.42. The zero-order valence-corrected chi connectivity index (χ0v) is 31.0. The molecule has 2 aliphatic rings. The normalized spacial score (nSPS) is 13.8. The quantitative estimate of drug-likeness (QED) is 0.172. The highest BCUT2D eigenvalue weighted by Gasteiger charge is 2.44. The van der Waals surface area contributed by atoms with Gasteiger partial charge in [-0.25, -0.2) is 15.0 Å². The van der Waals surface area contributed by atoms with Gasteiger partial charge in [0, 0.05) is 22.1 Å². The fourth-order valence-electron chi connectivity index (χ4n) is 9.06. The Morgan fingerprint density at radius 1 is 0.393 bits per heavy atom. The standard InChI is InChI=1S/C52H38N4/c53-34-35-23-28-46-45(31-35)48-44(21-12-22-47(48)52(46)29-8-3-9-30-52)42-19-10-17-40(32-42)36-24-26-37(27-25-36)41-18-11-20-43(33-41)51-55-49(38-13-4-1-5-14-38)54-50(56-51)39-15-6-2-7-16-39/h1-2,4-7,10-28,31-33H,3,8-9,29-30H2. The summed E-state index contributed by atoms with van der Waals surface area (Å²) in [6.07, 6.45) is 6.09. The van der Waals surface area contributed by atoms with E-state index in [1.165, 1.54) is 58.2 Å². The summed E-state index contributed by atoms with van der Waals surface area (Å²) in [5.41, 5.74) is 15.9. The Balaban J connectivity index is 0.987. The van der Waals surface area contributed by atoms with Crippen molar-refractivity contribution in [2.45, 2.75) is 37.5 Å². The van der Waals surface area contributed by atoms with Crippen molar-refractivity contribution in [1.29, 1.82) is 5.26 Å². The summed E-state index contributed by atoms with van der Waals surface area (Å²) in [7, 11) is 0. The van der Waals surface area contributed by atoms with Crippen LogP contribution in [0.5, 0.6) is 0 Å². The summed E-state index contributed by atoms with van der Waals surface area (Å²) in [5.74, 6) is 1.94. The van der Waals surface area contributed by atoms with E-state index in [2.05, 4.69) is 109 Å². The highest BCUT2D eigenvalue weighted by atomic mass is 15.0. The lowest BCUT2D eigenvalue weighted by atomic mass is 9.67. The van der Waals surface area contributed by atoms with Gasteiger partial charge in [0.1, 0.15) is 0 Å². The second kappa shape index (κ2) is 14.0. The van der Waals surface area contributed by atoms with Crippen molar-refractivity contribution in [3.63, 3.8) is 0 Å². The van der Waals surface area contributed by atoms with Crippen molar-refractivity contribution < 1.29 is 0 Å². The summed E-state index contributed by atoms with van der Waals surface area (Å²) < 4.78 is 0. The third-order valence-electron chi connectivity index (χ3n) is 11.8. The lowest BCUT2D eigenvalue weighted by Gasteiger charge is -2.36. The fourth-order valence-corrected chi connectivity index (χ4v) is 9.06. The van der Waals surface area contributed by atoms with E-state index in [9.17, 15) is 5.26 Å². The molecule has 0 unspecified atom stereocenters. The number of benzene rings is 7. The molecule has 1 aromatic heterocycles. The van der Waals surface area contributed by atoms with Gasteiger partial charge in [0.25, 0.3) is 0 Å². The highest BCUT2D eigenvalue weighted by molar-refractivity contribution is 5.94. The van der Waals surface area contributed by atoms with Crippen molar-refractivity contribution in [3.8, 4) is 84.7 Å². The number of hydrogen-bond donors (Lipinski definition) is 0. The molecule has 7 aromatic carbocycles. The van der Waals surface area contributed by atoms with E-state index in [0.717, 1.165) is 51.8 Å². The smallest absolute Gasteiger partial charge is 0.164 e. The Hall–Kier alpha value is -6.96. The minimum Gasteiger partial charge on any atom is -0.208 e. The van der Waals surface area contributed by atoms with Gasteiger partial charge in [-0.2, -0.15) is 5.26 Å². The topological polar surface area (TPSA) is 62.5 Å². The maximum absolute atomic E-state index is 9.87. The SMILES string of the molecule is N#Cc1ccc2c(c1)-c1c(-c3cccc(-c4ccc(-c5cccc(-c6nc(-c7ccccc7)nc(-c7ccccc7)n6)c5)cc4)c3)cccc1C21CCCCC1. The monoisotopic (exact) mass is 718 g/mol. The van der Waals surface area contributed by atoms with Crippen molar-refractivity contribution in [2.24, 2.45) is 0 Å². The zero-order valence-electron chi connectivity index (χ0n) is 31.0. The molecule has 0 radical (unpaired) electrons. The molecular formula is C52H38N4. The molecular weight excluding hydrogens is 681 g/mol. The van der Waals surface area contributed by atoms with E-state index in [4.69, 9.17) is 15.0 Å². The number of fused-ring (bicyclic) bond motifs is 5. The van der Waals surface area contributed by atoms with E-state index < -0.39 is 0 Å². The van der Waals surface area contributed by atoms with Crippen LogP contribution in [-0.2, 0) is 5.41 Å². The van der Waals surface area contributed by atoms with E-state index in [1.54, 1.807) is 0 Å². The molecule has 8 aromatic rings. The molecule has 4 heteroatoms. The molecule has 0 aliphatic heterocycles. The maximum Gasteiger partial charge on any atom is 0.164 e. The highest BCUT2D eigenvalue weighted by Crippen LogP contribution is 2.58. The largest absolute Gasteiger partial charge is 0.208 e. The Morgan fingerprint density at radius 3 is 1.52 bits per heavy atom. The van der Waals surface area contributed by atoms with Crippen LogP contribution in [0, 0.1) is 11.3 Å². The second-order valence-electron chi connectivity index (χ2n) is 15.0. The molecule has 0 saturated heterocycles. The molecule has 1 spiro atoms. The number of hydrogen-bond acceptors (Lipinski definition) is 4. The Bertz CT molecular complexity index is 2720. The first-order valence-corrected chi connectivity index (χ1v) is 19.5. The van der Waals surface area contributed by atoms with Crippen LogP contribution < -0.4 is 0 Å². The molecule has 0 atom stereocenters. The molecule has 10 rings (SSSR count). The van der Waals surface area contributed by atoms with Gasteiger partial charge >= 0.3 is 0 Å². The molecule has 0 amide bonds. The van der Waals surface area contributed by atoms with Gasteiger partial charge in [0.2, 0.25) is 0 Å². The molecule has 2 aliphatic carbocycles. The minimum atomic E-state index is 0.0373. The van der Waals surface area contributed by atoms with E-state index in [1.807, 2.05) is 66.7 Å². The van der Waals surface area contributed by atoms with Crippen molar-refractivity contribution >= 4 is 0 Å². The van der Waals surface area contributed by atoms with E-state index in [-0.39, 0.29) is 5.41 Å². The van der Waals surface area contributed by atoms with Gasteiger partial charge < -0.3 is 0 Å². The van der Waals surface area contributed by atoms with Crippen LogP contribution in [0.1, 0.15) is 48.8 Å². The third kappa shape index (κ3) is 5.90. The average Bonchev–Trinajstić information content (AvgIpc) is 3.55. The number of nitrogens with zero attached hydrogens (tertiary/aromatic N) is 4. The molecule has 4 nitrogen and oxygen atoms in total. The van der Waals surface area contributed by atoms with Crippen LogP contribution in [0.25, 0.3) is 78.7 Å². The number of rotatable bonds is 6. The van der Waals surface area contributed by atoms with Crippen LogP contribution in [0.15, 0.2) is 170 Å². The molecule has 56 heavy (non-hydrogen) atoms. The van der Waals surface area contributed by atoms with Crippen LogP contribution in [0.4, 0.5) is 0 Å².